The van der Waals surface area contributed by atoms with E-state index in [9.17, 15) is 0 Å². The van der Waals surface area contributed by atoms with Gasteiger partial charge in [-0.05, 0) is 37.2 Å². The Kier molecular flexibility index (Phi) is 10.2. The van der Waals surface area contributed by atoms with Crippen molar-refractivity contribution in [3.05, 3.63) is 12.7 Å². The second-order valence-corrected chi connectivity index (χ2v) is 3.98. The number of hydrogen-bond donors (Lipinski definition) is 0. The number of allylic oxidation sites excluding steroid dienone is 1. The Morgan fingerprint density at radius 1 is 1.18 bits per heavy atom. The van der Waals surface area contributed by atoms with E-state index in [4.69, 9.17) is 0 Å². The molecule has 0 saturated heterocycles. The lowest BCUT2D eigenvalue weighted by Crippen LogP contribution is -1.83. The fourth-order valence-electron chi connectivity index (χ4n) is 0.841. The lowest BCUT2D eigenvalue weighted by atomic mass is 10.2. The molecule has 0 nitrogen and oxygen atoms in total. The monoisotopic (exact) mass is 172 g/mol. The molecule has 0 rings (SSSR count). The third-order valence-corrected chi connectivity index (χ3v) is 2.74. The summed E-state index contributed by atoms with van der Waals surface area (Å²) in [6.07, 6.45) is 8.60. The normalized spacial score (nSPS) is 9.91. The summed E-state index contributed by atoms with van der Waals surface area (Å²) in [5.41, 5.74) is 0. The summed E-state index contributed by atoms with van der Waals surface area (Å²) in [5.74, 6) is 2.69. The zero-order chi connectivity index (χ0) is 8.36. The van der Waals surface area contributed by atoms with E-state index >= 15 is 0 Å². The fraction of sp³-hybridized carbons (Fsp3) is 0.800. The SMILES string of the molecule is C=CCCCCSCCCC. The van der Waals surface area contributed by atoms with Gasteiger partial charge in [0.05, 0.1) is 0 Å². The average Bonchev–Trinajstić information content (AvgIpc) is 2.03. The first-order chi connectivity index (χ1) is 5.41. The van der Waals surface area contributed by atoms with Crippen LogP contribution in [0.2, 0.25) is 0 Å². The van der Waals surface area contributed by atoms with Gasteiger partial charge in [0, 0.05) is 0 Å². The Balaban J connectivity index is 2.74. The van der Waals surface area contributed by atoms with Gasteiger partial charge in [-0.1, -0.05) is 19.4 Å². The van der Waals surface area contributed by atoms with E-state index in [1.165, 1.54) is 43.6 Å². The van der Waals surface area contributed by atoms with Crippen LogP contribution in [0.4, 0.5) is 0 Å². The summed E-state index contributed by atoms with van der Waals surface area (Å²) in [5, 5.41) is 0. The van der Waals surface area contributed by atoms with Crippen molar-refractivity contribution in [2.24, 2.45) is 0 Å². The zero-order valence-electron chi connectivity index (χ0n) is 7.64. The molecule has 0 bridgehead atoms. The molecule has 0 N–H and O–H groups in total. The molecule has 0 radical (unpaired) electrons. The van der Waals surface area contributed by atoms with E-state index in [0.29, 0.717) is 0 Å². The molecule has 11 heavy (non-hydrogen) atoms. The van der Waals surface area contributed by atoms with Crippen LogP contribution in [0.15, 0.2) is 12.7 Å². The molecule has 66 valence electrons. The molecule has 0 saturated carbocycles. The lowest BCUT2D eigenvalue weighted by Gasteiger charge is -1.98. The number of rotatable bonds is 8. The Morgan fingerprint density at radius 2 is 1.91 bits per heavy atom. The Labute approximate surface area is 75.5 Å². The van der Waals surface area contributed by atoms with Crippen LogP contribution in [0.1, 0.15) is 39.0 Å². The van der Waals surface area contributed by atoms with Crippen LogP contribution < -0.4 is 0 Å². The predicted octanol–water partition coefficient (Wildman–Crippen LogP) is 3.88. The molecule has 0 atom stereocenters. The van der Waals surface area contributed by atoms with Gasteiger partial charge >= 0.3 is 0 Å². The van der Waals surface area contributed by atoms with E-state index in [-0.39, 0.29) is 0 Å². The van der Waals surface area contributed by atoms with Crippen molar-refractivity contribution in [2.75, 3.05) is 11.5 Å². The van der Waals surface area contributed by atoms with Crippen LogP contribution in [0.3, 0.4) is 0 Å². The molecule has 0 aliphatic heterocycles. The summed E-state index contributed by atoms with van der Waals surface area (Å²) < 4.78 is 0. The maximum absolute atomic E-state index is 3.70. The van der Waals surface area contributed by atoms with Crippen LogP contribution in [-0.2, 0) is 0 Å². The van der Waals surface area contributed by atoms with Crippen LogP contribution in [-0.4, -0.2) is 11.5 Å². The third kappa shape index (κ3) is 10.1. The van der Waals surface area contributed by atoms with Crippen molar-refractivity contribution < 1.29 is 0 Å². The molecular formula is C10H20S. The topological polar surface area (TPSA) is 0 Å². The molecule has 1 heteroatoms. The van der Waals surface area contributed by atoms with Gasteiger partial charge in [-0.15, -0.1) is 6.58 Å². The summed E-state index contributed by atoms with van der Waals surface area (Å²) >= 11 is 2.09. The first-order valence-electron chi connectivity index (χ1n) is 4.60. The quantitative estimate of drug-likeness (QED) is 0.395. The first kappa shape index (κ1) is 11.1. The Morgan fingerprint density at radius 3 is 2.55 bits per heavy atom. The number of unbranched alkanes of at least 4 members (excludes halogenated alkanes) is 3. The summed E-state index contributed by atoms with van der Waals surface area (Å²) in [6.45, 7) is 5.95. The van der Waals surface area contributed by atoms with Crippen LogP contribution in [0, 0.1) is 0 Å². The number of thioether (sulfide) groups is 1. The number of hydrogen-bond acceptors (Lipinski definition) is 1. The van der Waals surface area contributed by atoms with Crippen LogP contribution in [0.5, 0.6) is 0 Å². The molecule has 0 fully saturated rings. The first-order valence-corrected chi connectivity index (χ1v) is 5.76. The molecule has 0 aromatic heterocycles. The van der Waals surface area contributed by atoms with Crippen molar-refractivity contribution >= 4 is 11.8 Å². The van der Waals surface area contributed by atoms with Gasteiger partial charge in [0.1, 0.15) is 0 Å². The molecule has 0 aliphatic carbocycles. The molecule has 0 aromatic rings. The van der Waals surface area contributed by atoms with Gasteiger partial charge in [0.25, 0.3) is 0 Å². The van der Waals surface area contributed by atoms with E-state index < -0.39 is 0 Å². The van der Waals surface area contributed by atoms with Crippen molar-refractivity contribution in [1.82, 2.24) is 0 Å². The van der Waals surface area contributed by atoms with Gasteiger partial charge in [-0.2, -0.15) is 11.8 Å². The lowest BCUT2D eigenvalue weighted by molar-refractivity contribution is 0.821. The molecule has 0 unspecified atom stereocenters. The van der Waals surface area contributed by atoms with E-state index in [0.717, 1.165) is 0 Å². The van der Waals surface area contributed by atoms with Crippen molar-refractivity contribution in [3.63, 3.8) is 0 Å². The van der Waals surface area contributed by atoms with Gasteiger partial charge in [-0.3, -0.25) is 0 Å². The van der Waals surface area contributed by atoms with E-state index in [2.05, 4.69) is 25.3 Å². The highest BCUT2D eigenvalue weighted by Gasteiger charge is 1.88. The standard InChI is InChI=1S/C10H20S/c1-3-5-7-8-10-11-9-6-4-2/h3H,1,4-10H2,2H3. The molecule has 0 amide bonds. The highest BCUT2D eigenvalue weighted by Crippen LogP contribution is 2.08. The van der Waals surface area contributed by atoms with Crippen molar-refractivity contribution in [1.29, 1.82) is 0 Å². The van der Waals surface area contributed by atoms with Crippen molar-refractivity contribution in [2.45, 2.75) is 39.0 Å². The maximum Gasteiger partial charge on any atom is -0.00674 e. The van der Waals surface area contributed by atoms with Gasteiger partial charge in [0.2, 0.25) is 0 Å². The molecular weight excluding hydrogens is 152 g/mol. The molecule has 0 aliphatic rings. The van der Waals surface area contributed by atoms with Crippen molar-refractivity contribution in [3.8, 4) is 0 Å². The second-order valence-electron chi connectivity index (χ2n) is 2.75. The Bertz CT molecular complexity index is 78.9. The summed E-state index contributed by atoms with van der Waals surface area (Å²) in [7, 11) is 0. The van der Waals surface area contributed by atoms with Gasteiger partial charge in [-0.25, -0.2) is 0 Å². The minimum absolute atomic E-state index is 1.19. The zero-order valence-corrected chi connectivity index (χ0v) is 8.46. The summed E-state index contributed by atoms with van der Waals surface area (Å²) in [4.78, 5) is 0. The van der Waals surface area contributed by atoms with Crippen LogP contribution >= 0.6 is 11.8 Å². The minimum Gasteiger partial charge on any atom is -0.162 e. The molecule has 0 aromatic carbocycles. The highest BCUT2D eigenvalue weighted by atomic mass is 32.2. The molecule has 0 spiro atoms. The third-order valence-electron chi connectivity index (χ3n) is 1.59. The van der Waals surface area contributed by atoms with Gasteiger partial charge < -0.3 is 0 Å². The average molecular weight is 172 g/mol. The highest BCUT2D eigenvalue weighted by molar-refractivity contribution is 7.99. The Hall–Kier alpha value is 0.0900. The second kappa shape index (κ2) is 10.1. The largest absolute Gasteiger partial charge is 0.162 e. The van der Waals surface area contributed by atoms with Gasteiger partial charge in [0.15, 0.2) is 0 Å². The minimum atomic E-state index is 1.19. The van der Waals surface area contributed by atoms with Crippen LogP contribution in [0.25, 0.3) is 0 Å². The smallest absolute Gasteiger partial charge is 0.00674 e. The maximum atomic E-state index is 3.70. The van der Waals surface area contributed by atoms with E-state index in [1.54, 1.807) is 0 Å². The van der Waals surface area contributed by atoms with E-state index in [1.807, 2.05) is 6.08 Å². The fourth-order valence-corrected chi connectivity index (χ4v) is 1.95. The predicted molar refractivity (Wildman–Crippen MR) is 56.3 cm³/mol. The molecule has 0 heterocycles. The summed E-state index contributed by atoms with van der Waals surface area (Å²) in [6, 6.07) is 0.